The fraction of sp³-hybridized carbons (Fsp3) is 0.167. The molecule has 1 N–H and O–H groups in total. The molecule has 196 valence electrons. The summed E-state index contributed by atoms with van der Waals surface area (Å²) < 4.78 is 34.7. The van der Waals surface area contributed by atoms with Crippen LogP contribution in [-0.2, 0) is 14.8 Å². The Morgan fingerprint density at radius 3 is 1.95 bits per heavy atom. The highest BCUT2D eigenvalue weighted by atomic mass is 32.2. The number of ether oxygens (including phenoxy) is 1. The van der Waals surface area contributed by atoms with Crippen LogP contribution in [0.5, 0.6) is 5.75 Å². The molecule has 4 aromatic carbocycles. The van der Waals surface area contributed by atoms with Crippen LogP contribution in [0.3, 0.4) is 0 Å². The van der Waals surface area contributed by atoms with E-state index in [1.165, 1.54) is 11.8 Å². The van der Waals surface area contributed by atoms with Gasteiger partial charge in [0.1, 0.15) is 12.3 Å². The van der Waals surface area contributed by atoms with E-state index >= 15 is 0 Å². The molecule has 8 heteroatoms. The number of hydrogen-bond acceptors (Lipinski definition) is 5. The van der Waals surface area contributed by atoms with Crippen molar-refractivity contribution in [3.63, 3.8) is 0 Å². The predicted molar refractivity (Wildman–Crippen MR) is 153 cm³/mol. The van der Waals surface area contributed by atoms with Crippen molar-refractivity contribution in [3.05, 3.63) is 120 Å². The summed E-state index contributed by atoms with van der Waals surface area (Å²) in [7, 11) is -4.10. The van der Waals surface area contributed by atoms with Gasteiger partial charge in [-0.3, -0.25) is 9.10 Å². The Morgan fingerprint density at radius 2 is 1.39 bits per heavy atom. The Bertz CT molecular complexity index is 1410. The predicted octanol–water partition coefficient (Wildman–Crippen LogP) is 5.91. The summed E-state index contributed by atoms with van der Waals surface area (Å²) in [5.41, 5.74) is 2.09. The molecule has 4 aromatic rings. The van der Waals surface area contributed by atoms with E-state index in [1.54, 1.807) is 48.5 Å². The first kappa shape index (κ1) is 27.3. The van der Waals surface area contributed by atoms with E-state index in [-0.39, 0.29) is 4.90 Å². The molecule has 0 heterocycles. The molecule has 6 nitrogen and oxygen atoms in total. The van der Waals surface area contributed by atoms with Gasteiger partial charge in [-0.25, -0.2) is 8.42 Å². The average Bonchev–Trinajstić information content (AvgIpc) is 2.96. The molecule has 0 aliphatic rings. The van der Waals surface area contributed by atoms with Gasteiger partial charge >= 0.3 is 0 Å². The van der Waals surface area contributed by atoms with Crippen LogP contribution in [0.4, 0.5) is 5.69 Å². The summed E-state index contributed by atoms with van der Waals surface area (Å²) >= 11 is 1.52. The normalized spacial score (nSPS) is 11.2. The number of sulfonamides is 1. The Balaban J connectivity index is 1.72. The lowest BCUT2D eigenvalue weighted by molar-refractivity contribution is -0.120. The minimum atomic E-state index is -4.10. The number of nitrogens with one attached hydrogen (secondary N) is 1. The molecule has 0 aromatic heterocycles. The average molecular weight is 547 g/mol. The van der Waals surface area contributed by atoms with Gasteiger partial charge in [0.15, 0.2) is 0 Å². The highest BCUT2D eigenvalue weighted by molar-refractivity contribution is 7.98. The van der Waals surface area contributed by atoms with E-state index in [2.05, 4.69) is 5.32 Å². The molecular formula is C30H30N2O4S2. The van der Waals surface area contributed by atoms with Gasteiger partial charge in [-0.1, -0.05) is 72.8 Å². The smallest absolute Gasteiger partial charge is 0.264 e. The first-order chi connectivity index (χ1) is 18.4. The quantitative estimate of drug-likeness (QED) is 0.237. The van der Waals surface area contributed by atoms with E-state index < -0.39 is 28.5 Å². The largest absolute Gasteiger partial charge is 0.492 e. The second kappa shape index (κ2) is 12.7. The van der Waals surface area contributed by atoms with Crippen LogP contribution in [0.2, 0.25) is 0 Å². The molecule has 0 aliphatic carbocycles. The lowest BCUT2D eigenvalue weighted by atomic mass is 9.99. The molecule has 0 spiro atoms. The maximum Gasteiger partial charge on any atom is 0.264 e. The summed E-state index contributed by atoms with van der Waals surface area (Å²) in [5, 5.41) is 3.05. The molecular weight excluding hydrogens is 516 g/mol. The van der Waals surface area contributed by atoms with Crippen molar-refractivity contribution < 1.29 is 17.9 Å². The van der Waals surface area contributed by atoms with Crippen LogP contribution in [0.25, 0.3) is 0 Å². The highest BCUT2D eigenvalue weighted by Gasteiger charge is 2.30. The standard InChI is InChI=1S/C30H30N2O4S2/c1-3-36-28-17-11-10-16-27(28)32(38(34,35)26-20-18-25(37-2)19-21-26)22-29(33)31-30(23-12-6-4-7-13-23)24-14-8-5-9-15-24/h4-21,30H,3,22H2,1-2H3,(H,31,33). The van der Waals surface area contributed by atoms with Gasteiger partial charge in [0.05, 0.1) is 23.2 Å². The van der Waals surface area contributed by atoms with Gasteiger partial charge in [-0.2, -0.15) is 0 Å². The zero-order valence-corrected chi connectivity index (χ0v) is 22.9. The van der Waals surface area contributed by atoms with E-state index in [1.807, 2.05) is 73.8 Å². The molecule has 0 unspecified atom stereocenters. The van der Waals surface area contributed by atoms with Crippen LogP contribution in [0, 0.1) is 0 Å². The van der Waals surface area contributed by atoms with Gasteiger partial charge < -0.3 is 10.1 Å². The number of thioether (sulfide) groups is 1. The van der Waals surface area contributed by atoms with Gasteiger partial charge in [0.25, 0.3) is 10.0 Å². The number of rotatable bonds is 11. The van der Waals surface area contributed by atoms with Crippen molar-refractivity contribution in [1.29, 1.82) is 0 Å². The first-order valence-corrected chi connectivity index (χ1v) is 14.9. The lowest BCUT2D eigenvalue weighted by Gasteiger charge is -2.27. The Labute approximate surface area is 228 Å². The zero-order chi connectivity index (χ0) is 27.0. The topological polar surface area (TPSA) is 75.7 Å². The number of para-hydroxylation sites is 2. The van der Waals surface area contributed by atoms with Gasteiger partial charge in [-0.05, 0) is 60.7 Å². The maximum atomic E-state index is 13.9. The third-order valence-corrected chi connectivity index (χ3v) is 8.46. The summed E-state index contributed by atoms with van der Waals surface area (Å²) in [6.45, 7) is 1.75. The summed E-state index contributed by atoms with van der Waals surface area (Å²) in [6, 6.07) is 32.2. The van der Waals surface area contributed by atoms with Crippen LogP contribution in [0.1, 0.15) is 24.1 Å². The second-order valence-electron chi connectivity index (χ2n) is 8.41. The van der Waals surface area contributed by atoms with Crippen LogP contribution in [0.15, 0.2) is 119 Å². The number of carbonyl (C=O) groups is 1. The van der Waals surface area contributed by atoms with Crippen LogP contribution < -0.4 is 14.4 Å². The molecule has 0 atom stereocenters. The van der Waals surface area contributed by atoms with Crippen LogP contribution >= 0.6 is 11.8 Å². The lowest BCUT2D eigenvalue weighted by Crippen LogP contribution is -2.42. The van der Waals surface area contributed by atoms with E-state index in [4.69, 9.17) is 4.74 Å². The van der Waals surface area contributed by atoms with Crippen molar-refractivity contribution >= 4 is 33.4 Å². The van der Waals surface area contributed by atoms with E-state index in [0.717, 1.165) is 20.3 Å². The highest BCUT2D eigenvalue weighted by Crippen LogP contribution is 2.33. The molecule has 4 rings (SSSR count). The molecule has 0 fully saturated rings. The minimum Gasteiger partial charge on any atom is -0.492 e. The molecule has 0 saturated carbocycles. The van der Waals surface area contributed by atoms with Crippen molar-refractivity contribution in [1.82, 2.24) is 5.32 Å². The Hall–Kier alpha value is -3.75. The van der Waals surface area contributed by atoms with Crippen molar-refractivity contribution in [2.45, 2.75) is 22.8 Å². The molecule has 0 bridgehead atoms. The van der Waals surface area contributed by atoms with Crippen molar-refractivity contribution in [2.24, 2.45) is 0 Å². The fourth-order valence-corrected chi connectivity index (χ4v) is 5.94. The molecule has 0 aliphatic heterocycles. The second-order valence-corrected chi connectivity index (χ2v) is 11.2. The van der Waals surface area contributed by atoms with Gasteiger partial charge in [0.2, 0.25) is 5.91 Å². The number of benzene rings is 4. The summed E-state index contributed by atoms with van der Waals surface area (Å²) in [6.07, 6.45) is 1.92. The molecule has 0 saturated heterocycles. The van der Waals surface area contributed by atoms with Gasteiger partial charge in [0, 0.05) is 4.90 Å². The molecule has 1 amide bonds. The van der Waals surface area contributed by atoms with Gasteiger partial charge in [-0.15, -0.1) is 11.8 Å². The fourth-order valence-electron chi connectivity index (χ4n) is 4.10. The zero-order valence-electron chi connectivity index (χ0n) is 21.3. The Kier molecular flexibility index (Phi) is 9.10. The number of nitrogens with zero attached hydrogens (tertiary/aromatic N) is 1. The molecule has 0 radical (unpaired) electrons. The van der Waals surface area contributed by atoms with Crippen molar-refractivity contribution in [3.8, 4) is 5.75 Å². The van der Waals surface area contributed by atoms with E-state index in [0.29, 0.717) is 18.0 Å². The number of hydrogen-bond donors (Lipinski definition) is 1. The Morgan fingerprint density at radius 1 is 0.842 bits per heavy atom. The first-order valence-electron chi connectivity index (χ1n) is 12.2. The maximum absolute atomic E-state index is 13.9. The number of carbonyl (C=O) groups excluding carboxylic acids is 1. The van der Waals surface area contributed by atoms with Crippen LogP contribution in [-0.4, -0.2) is 33.7 Å². The SMILES string of the molecule is CCOc1ccccc1N(CC(=O)NC(c1ccccc1)c1ccccc1)S(=O)(=O)c1ccc(SC)cc1. The third-order valence-electron chi connectivity index (χ3n) is 5.94. The number of amides is 1. The number of anilines is 1. The van der Waals surface area contributed by atoms with E-state index in [9.17, 15) is 13.2 Å². The summed E-state index contributed by atoms with van der Waals surface area (Å²) in [5.74, 6) is -0.0619. The summed E-state index contributed by atoms with van der Waals surface area (Å²) in [4.78, 5) is 14.6. The monoisotopic (exact) mass is 546 g/mol. The minimum absolute atomic E-state index is 0.0945. The van der Waals surface area contributed by atoms with Crippen molar-refractivity contribution in [2.75, 3.05) is 23.7 Å². The third kappa shape index (κ3) is 6.38. The molecule has 38 heavy (non-hydrogen) atoms.